The number of rotatable bonds is 7. The van der Waals surface area contributed by atoms with E-state index >= 15 is 0 Å². The Morgan fingerprint density at radius 3 is 2.84 bits per heavy atom. The molecule has 0 saturated heterocycles. The van der Waals surface area contributed by atoms with Crippen LogP contribution < -0.4 is 10.2 Å². The summed E-state index contributed by atoms with van der Waals surface area (Å²) in [7, 11) is 0. The molecule has 0 radical (unpaired) electrons. The fourth-order valence-corrected chi connectivity index (χ4v) is 3.86. The van der Waals surface area contributed by atoms with E-state index in [-0.39, 0.29) is 12.8 Å². The molecule has 0 aliphatic carbocycles. The smallest absolute Gasteiger partial charge is 0.303 e. The molecule has 0 atom stereocenters. The van der Waals surface area contributed by atoms with Crippen molar-refractivity contribution in [2.75, 3.05) is 16.8 Å². The Morgan fingerprint density at radius 1 is 1.23 bits per heavy atom. The molecule has 160 valence electrons. The van der Waals surface area contributed by atoms with Gasteiger partial charge in [-0.2, -0.15) is 0 Å². The lowest BCUT2D eigenvalue weighted by Gasteiger charge is -2.29. The van der Waals surface area contributed by atoms with Crippen LogP contribution in [0.1, 0.15) is 29.7 Å². The Bertz CT molecular complexity index is 1090. The summed E-state index contributed by atoms with van der Waals surface area (Å²) in [5, 5.41) is 12.0. The van der Waals surface area contributed by atoms with Gasteiger partial charge in [0.25, 0.3) is 0 Å². The summed E-state index contributed by atoms with van der Waals surface area (Å²) >= 11 is 3.42. The number of aromatic nitrogens is 2. The van der Waals surface area contributed by atoms with Gasteiger partial charge in [-0.15, -0.1) is 0 Å². The lowest BCUT2D eigenvalue weighted by molar-refractivity contribution is -0.136. The number of pyridine rings is 2. The lowest BCUT2D eigenvalue weighted by Crippen LogP contribution is -2.27. The number of benzene rings is 1. The number of fused-ring (bicyclic) bond motifs is 1. The molecule has 1 aromatic carbocycles. The molecule has 4 rings (SSSR count). The van der Waals surface area contributed by atoms with E-state index in [0.717, 1.165) is 41.2 Å². The number of hydrogen-bond acceptors (Lipinski definition) is 5. The van der Waals surface area contributed by atoms with E-state index in [1.54, 1.807) is 18.3 Å². The Kier molecular flexibility index (Phi) is 6.46. The summed E-state index contributed by atoms with van der Waals surface area (Å²) in [6, 6.07) is 12.8. The van der Waals surface area contributed by atoms with Crippen molar-refractivity contribution >= 4 is 39.2 Å². The number of hydrogen-bond donors (Lipinski definition) is 2. The van der Waals surface area contributed by atoms with Crippen molar-refractivity contribution in [3.63, 3.8) is 0 Å². The van der Waals surface area contributed by atoms with E-state index in [0.29, 0.717) is 17.8 Å². The van der Waals surface area contributed by atoms with Crippen LogP contribution in [0, 0.1) is 5.82 Å². The van der Waals surface area contributed by atoms with E-state index < -0.39 is 11.8 Å². The first-order valence-corrected chi connectivity index (χ1v) is 10.9. The molecular weight excluding hydrogens is 463 g/mol. The van der Waals surface area contributed by atoms with E-state index in [4.69, 9.17) is 10.1 Å². The van der Waals surface area contributed by atoms with Crippen molar-refractivity contribution in [1.82, 2.24) is 9.97 Å². The van der Waals surface area contributed by atoms with Gasteiger partial charge >= 0.3 is 5.97 Å². The first-order chi connectivity index (χ1) is 15.0. The molecule has 3 heterocycles. The maximum absolute atomic E-state index is 14.3. The molecule has 2 aromatic heterocycles. The zero-order valence-electron chi connectivity index (χ0n) is 16.8. The van der Waals surface area contributed by atoms with Gasteiger partial charge in [-0.1, -0.05) is 12.1 Å². The largest absolute Gasteiger partial charge is 0.481 e. The number of nitrogens with one attached hydrogen (secondary N) is 1. The van der Waals surface area contributed by atoms with Gasteiger partial charge in [-0.05, 0) is 76.7 Å². The van der Waals surface area contributed by atoms with Gasteiger partial charge in [0.05, 0.1) is 12.2 Å². The van der Waals surface area contributed by atoms with Crippen LogP contribution in [0.5, 0.6) is 0 Å². The molecule has 6 nitrogen and oxygen atoms in total. The molecule has 1 aliphatic heterocycles. The average Bonchev–Trinajstić information content (AvgIpc) is 2.77. The van der Waals surface area contributed by atoms with Gasteiger partial charge < -0.3 is 15.3 Å². The van der Waals surface area contributed by atoms with Crippen molar-refractivity contribution in [3.8, 4) is 0 Å². The van der Waals surface area contributed by atoms with Crippen molar-refractivity contribution in [2.45, 2.75) is 32.2 Å². The second kappa shape index (κ2) is 9.43. The number of anilines is 3. The molecule has 0 unspecified atom stereocenters. The minimum Gasteiger partial charge on any atom is -0.481 e. The number of carboxylic acid groups (broad SMARTS) is 1. The van der Waals surface area contributed by atoms with Gasteiger partial charge in [-0.25, -0.2) is 14.4 Å². The van der Waals surface area contributed by atoms with Gasteiger partial charge in [0.15, 0.2) is 0 Å². The van der Waals surface area contributed by atoms with Crippen LogP contribution in [0.2, 0.25) is 0 Å². The Balaban J connectivity index is 1.48. The van der Waals surface area contributed by atoms with Crippen molar-refractivity contribution in [3.05, 3.63) is 75.8 Å². The number of halogens is 2. The molecule has 0 fully saturated rings. The minimum absolute atomic E-state index is 0.0908. The monoisotopic (exact) mass is 484 g/mol. The van der Waals surface area contributed by atoms with Crippen LogP contribution in [0.15, 0.2) is 53.1 Å². The molecule has 8 heteroatoms. The fraction of sp³-hybridized carbons (Fsp3) is 0.261. The van der Waals surface area contributed by atoms with E-state index in [2.05, 4.69) is 37.2 Å². The predicted octanol–water partition coefficient (Wildman–Crippen LogP) is 5.09. The average molecular weight is 485 g/mol. The molecule has 0 spiro atoms. The number of carbonyl (C=O) groups is 1. The van der Waals surface area contributed by atoms with Crippen LogP contribution in [-0.2, 0) is 24.2 Å². The van der Waals surface area contributed by atoms with Crippen LogP contribution in [0.4, 0.5) is 21.7 Å². The van der Waals surface area contributed by atoms with Crippen molar-refractivity contribution < 1.29 is 14.3 Å². The molecule has 1 aliphatic rings. The topological polar surface area (TPSA) is 78.3 Å². The standard InChI is InChI=1S/C23H22BrFN4O2/c24-17-6-9-21(27-13-17)29-11-1-2-16-4-8-19(28-23(16)29)14-26-18-7-3-15(20(25)12-18)5-10-22(30)31/h3-4,6-9,12-13,26H,1-2,5,10-11,14H2,(H,30,31). The highest BCUT2D eigenvalue weighted by atomic mass is 79.9. The molecule has 2 N–H and O–H groups in total. The third-order valence-corrected chi connectivity index (χ3v) is 5.69. The second-order valence-electron chi connectivity index (χ2n) is 7.43. The summed E-state index contributed by atoms with van der Waals surface area (Å²) in [4.78, 5) is 22.2. The van der Waals surface area contributed by atoms with E-state index in [9.17, 15) is 9.18 Å². The van der Waals surface area contributed by atoms with Crippen LogP contribution in [-0.4, -0.2) is 27.6 Å². The Morgan fingerprint density at radius 2 is 2.10 bits per heavy atom. The lowest BCUT2D eigenvalue weighted by atomic mass is 10.0. The van der Waals surface area contributed by atoms with Gasteiger partial charge in [-0.3, -0.25) is 4.79 Å². The predicted molar refractivity (Wildman–Crippen MR) is 121 cm³/mol. The van der Waals surface area contributed by atoms with Crippen molar-refractivity contribution in [1.29, 1.82) is 0 Å². The summed E-state index contributed by atoms with van der Waals surface area (Å²) in [5.41, 5.74) is 3.06. The highest BCUT2D eigenvalue weighted by molar-refractivity contribution is 9.10. The maximum Gasteiger partial charge on any atom is 0.303 e. The molecule has 3 aromatic rings. The molecule has 0 saturated carbocycles. The second-order valence-corrected chi connectivity index (χ2v) is 8.34. The summed E-state index contributed by atoms with van der Waals surface area (Å²) < 4.78 is 15.2. The Labute approximate surface area is 188 Å². The third-order valence-electron chi connectivity index (χ3n) is 5.22. The fourth-order valence-electron chi connectivity index (χ4n) is 3.62. The Hall–Kier alpha value is -3.00. The van der Waals surface area contributed by atoms with Crippen molar-refractivity contribution in [2.24, 2.45) is 0 Å². The number of carboxylic acids is 1. The van der Waals surface area contributed by atoms with E-state index in [1.165, 1.54) is 11.6 Å². The molecule has 0 amide bonds. The molecule has 31 heavy (non-hydrogen) atoms. The normalized spacial score (nSPS) is 13.0. The molecule has 0 bridgehead atoms. The molecular formula is C23H22BrFN4O2. The summed E-state index contributed by atoms with van der Waals surface area (Å²) in [6.07, 6.45) is 3.88. The first kappa shape index (κ1) is 21.2. The maximum atomic E-state index is 14.3. The van der Waals surface area contributed by atoms with Gasteiger partial charge in [0.1, 0.15) is 17.5 Å². The number of nitrogens with zero attached hydrogens (tertiary/aromatic N) is 3. The van der Waals surface area contributed by atoms with E-state index in [1.807, 2.05) is 18.2 Å². The summed E-state index contributed by atoms with van der Waals surface area (Å²) in [5.74, 6) is 0.431. The quantitative estimate of drug-likeness (QED) is 0.486. The SMILES string of the molecule is O=C(O)CCc1ccc(NCc2ccc3c(n2)N(c2ccc(Br)cn2)CCC3)cc1F. The highest BCUT2D eigenvalue weighted by Crippen LogP contribution is 2.31. The van der Waals surface area contributed by atoms with Gasteiger partial charge in [0, 0.05) is 29.3 Å². The van der Waals surface area contributed by atoms with Crippen LogP contribution >= 0.6 is 15.9 Å². The minimum atomic E-state index is -0.938. The highest BCUT2D eigenvalue weighted by Gasteiger charge is 2.21. The first-order valence-electron chi connectivity index (χ1n) is 10.1. The number of aliphatic carboxylic acids is 1. The zero-order chi connectivity index (χ0) is 21.8. The van der Waals surface area contributed by atoms with Crippen LogP contribution in [0.3, 0.4) is 0 Å². The van der Waals surface area contributed by atoms with Gasteiger partial charge in [0.2, 0.25) is 0 Å². The zero-order valence-corrected chi connectivity index (χ0v) is 18.4. The number of aryl methyl sites for hydroxylation is 2. The third kappa shape index (κ3) is 5.19. The van der Waals surface area contributed by atoms with Crippen LogP contribution in [0.25, 0.3) is 0 Å². The summed E-state index contributed by atoms with van der Waals surface area (Å²) in [6.45, 7) is 1.30.